The van der Waals surface area contributed by atoms with Gasteiger partial charge in [-0.05, 0) is 60.9 Å². The molecule has 0 bridgehead atoms. The number of anilines is 1. The van der Waals surface area contributed by atoms with E-state index >= 15 is 0 Å². The predicted molar refractivity (Wildman–Crippen MR) is 126 cm³/mol. The van der Waals surface area contributed by atoms with Crippen molar-refractivity contribution in [2.45, 2.75) is 39.9 Å². The van der Waals surface area contributed by atoms with Gasteiger partial charge in [0.15, 0.2) is 6.10 Å². The van der Waals surface area contributed by atoms with Crippen molar-refractivity contribution in [1.29, 1.82) is 0 Å². The lowest BCUT2D eigenvalue weighted by Gasteiger charge is -2.13. The summed E-state index contributed by atoms with van der Waals surface area (Å²) in [6.07, 6.45) is -0.524. The fourth-order valence-corrected chi connectivity index (χ4v) is 4.32. The van der Waals surface area contributed by atoms with Crippen LogP contribution in [0.15, 0.2) is 54.6 Å². The first-order valence-corrected chi connectivity index (χ1v) is 11.2. The maximum absolute atomic E-state index is 11.3. The molecule has 168 valence electrons. The number of ether oxygens (including phenoxy) is 2. The predicted octanol–water partition coefficient (Wildman–Crippen LogP) is 5.29. The molecule has 3 aromatic rings. The molecule has 0 saturated carbocycles. The molecule has 1 unspecified atom stereocenters. The number of carbonyl (C=O) groups excluding carboxylic acids is 1. The number of amides is 1. The Morgan fingerprint density at radius 2 is 1.78 bits per heavy atom. The molecule has 1 atom stereocenters. The van der Waals surface area contributed by atoms with E-state index in [0.29, 0.717) is 19.6 Å². The van der Waals surface area contributed by atoms with Gasteiger partial charge in [-0.1, -0.05) is 24.3 Å². The van der Waals surface area contributed by atoms with Crippen LogP contribution in [0.25, 0.3) is 10.4 Å². The molecule has 0 fully saturated rings. The summed E-state index contributed by atoms with van der Waals surface area (Å²) in [6.45, 7) is 6.15. The Bertz CT molecular complexity index is 1060. The maximum Gasteiger partial charge on any atom is 0.333 e. The maximum atomic E-state index is 11.3. The van der Waals surface area contributed by atoms with Crippen molar-refractivity contribution in [1.82, 2.24) is 0 Å². The number of hydrogen-bond acceptors (Lipinski definition) is 5. The fourth-order valence-electron chi connectivity index (χ4n) is 3.23. The topological polar surface area (TPSA) is 84.9 Å². The molecular weight excluding hydrogens is 426 g/mol. The third-order valence-electron chi connectivity index (χ3n) is 4.87. The Kier molecular flexibility index (Phi) is 8.03. The standard InChI is InChI=1S/C25H27NO5S/c1-4-30-22(25(28)29)14-18-5-11-21(12-6-18)31-15-24-16(2)13-23(32-24)19-7-9-20(10-8-19)26-17(3)27/h5-13,22H,4,14-15H2,1-3H3,(H,26,27)(H,28,29). The number of aliphatic carboxylic acids is 1. The average molecular weight is 454 g/mol. The minimum Gasteiger partial charge on any atom is -0.488 e. The van der Waals surface area contributed by atoms with E-state index in [1.54, 1.807) is 18.3 Å². The van der Waals surface area contributed by atoms with Crippen molar-refractivity contribution in [3.05, 3.63) is 70.6 Å². The molecule has 0 aliphatic rings. The van der Waals surface area contributed by atoms with Crippen molar-refractivity contribution in [3.8, 4) is 16.2 Å². The SMILES string of the molecule is CCOC(Cc1ccc(OCc2sc(-c3ccc(NC(C)=O)cc3)cc2C)cc1)C(=O)O. The van der Waals surface area contributed by atoms with Crippen LogP contribution in [-0.4, -0.2) is 29.7 Å². The van der Waals surface area contributed by atoms with Crippen LogP contribution in [0.4, 0.5) is 5.69 Å². The summed E-state index contributed by atoms with van der Waals surface area (Å²) >= 11 is 1.68. The zero-order valence-electron chi connectivity index (χ0n) is 18.4. The first kappa shape index (κ1) is 23.5. The van der Waals surface area contributed by atoms with Gasteiger partial charge in [-0.15, -0.1) is 11.3 Å². The van der Waals surface area contributed by atoms with Gasteiger partial charge in [0, 0.05) is 35.4 Å². The van der Waals surface area contributed by atoms with Crippen LogP contribution < -0.4 is 10.1 Å². The highest BCUT2D eigenvalue weighted by Crippen LogP contribution is 2.32. The van der Waals surface area contributed by atoms with Gasteiger partial charge >= 0.3 is 5.97 Å². The Morgan fingerprint density at radius 3 is 2.38 bits per heavy atom. The fraction of sp³-hybridized carbons (Fsp3) is 0.280. The lowest BCUT2D eigenvalue weighted by molar-refractivity contribution is -0.149. The van der Waals surface area contributed by atoms with Gasteiger partial charge in [0.05, 0.1) is 0 Å². The molecule has 0 spiro atoms. The number of carboxylic acids is 1. The lowest BCUT2D eigenvalue weighted by atomic mass is 10.1. The molecule has 0 radical (unpaired) electrons. The normalized spacial score (nSPS) is 11.7. The van der Waals surface area contributed by atoms with E-state index in [4.69, 9.17) is 9.47 Å². The molecule has 0 saturated heterocycles. The second-order valence-corrected chi connectivity index (χ2v) is 8.53. The van der Waals surface area contributed by atoms with Gasteiger partial charge in [0.2, 0.25) is 5.91 Å². The molecule has 1 aromatic heterocycles. The van der Waals surface area contributed by atoms with Crippen molar-refractivity contribution < 1.29 is 24.2 Å². The summed E-state index contributed by atoms with van der Waals surface area (Å²) in [5.74, 6) is -0.319. The third kappa shape index (κ3) is 6.42. The first-order chi connectivity index (χ1) is 15.4. The number of aryl methyl sites for hydroxylation is 1. The lowest BCUT2D eigenvalue weighted by Crippen LogP contribution is -2.26. The molecule has 0 aliphatic carbocycles. The number of nitrogens with one attached hydrogen (secondary N) is 1. The van der Waals surface area contributed by atoms with Crippen LogP contribution in [0.2, 0.25) is 0 Å². The van der Waals surface area contributed by atoms with Gasteiger partial charge in [-0.2, -0.15) is 0 Å². The number of carboxylic acid groups (broad SMARTS) is 1. The van der Waals surface area contributed by atoms with Gasteiger partial charge in [-0.3, -0.25) is 4.79 Å². The first-order valence-electron chi connectivity index (χ1n) is 10.4. The zero-order valence-corrected chi connectivity index (χ0v) is 19.2. The van der Waals surface area contributed by atoms with Crippen LogP contribution in [-0.2, 0) is 27.4 Å². The van der Waals surface area contributed by atoms with E-state index in [0.717, 1.165) is 37.9 Å². The highest BCUT2D eigenvalue weighted by Gasteiger charge is 2.18. The van der Waals surface area contributed by atoms with Crippen molar-refractivity contribution in [2.75, 3.05) is 11.9 Å². The van der Waals surface area contributed by atoms with Crippen LogP contribution in [0, 0.1) is 6.92 Å². The summed E-state index contributed by atoms with van der Waals surface area (Å²) in [5.41, 5.74) is 3.91. The van der Waals surface area contributed by atoms with Gasteiger partial charge in [0.1, 0.15) is 12.4 Å². The van der Waals surface area contributed by atoms with Crippen molar-refractivity contribution in [2.24, 2.45) is 0 Å². The molecular formula is C25H27NO5S. The van der Waals surface area contributed by atoms with E-state index in [1.807, 2.05) is 48.5 Å². The van der Waals surface area contributed by atoms with E-state index < -0.39 is 12.1 Å². The number of hydrogen-bond donors (Lipinski definition) is 2. The van der Waals surface area contributed by atoms with Crippen LogP contribution in [0.5, 0.6) is 5.75 Å². The molecule has 3 rings (SSSR count). The van der Waals surface area contributed by atoms with Gasteiger partial charge < -0.3 is 19.9 Å². The molecule has 0 aliphatic heterocycles. The summed E-state index contributed by atoms with van der Waals surface area (Å²) in [7, 11) is 0. The molecule has 7 heteroatoms. The summed E-state index contributed by atoms with van der Waals surface area (Å²) in [4.78, 5) is 24.7. The molecule has 2 N–H and O–H groups in total. The van der Waals surface area contributed by atoms with Gasteiger partial charge in [-0.25, -0.2) is 4.79 Å². The number of carbonyl (C=O) groups is 2. The van der Waals surface area contributed by atoms with Crippen LogP contribution in [0.3, 0.4) is 0 Å². The molecule has 1 heterocycles. The highest BCUT2D eigenvalue weighted by atomic mass is 32.1. The van der Waals surface area contributed by atoms with E-state index in [9.17, 15) is 14.7 Å². The highest BCUT2D eigenvalue weighted by molar-refractivity contribution is 7.15. The number of rotatable bonds is 10. The van der Waals surface area contributed by atoms with Crippen molar-refractivity contribution >= 4 is 28.9 Å². The van der Waals surface area contributed by atoms with Gasteiger partial charge in [0.25, 0.3) is 0 Å². The Hall–Kier alpha value is -3.16. The average Bonchev–Trinajstić information content (AvgIpc) is 3.13. The summed E-state index contributed by atoms with van der Waals surface area (Å²) < 4.78 is 11.2. The Labute approximate surface area is 191 Å². The van der Waals surface area contributed by atoms with Crippen molar-refractivity contribution in [3.63, 3.8) is 0 Å². The van der Waals surface area contributed by atoms with E-state index in [2.05, 4.69) is 18.3 Å². The zero-order chi connectivity index (χ0) is 23.1. The monoisotopic (exact) mass is 453 g/mol. The quantitative estimate of drug-likeness (QED) is 0.436. The third-order valence-corrected chi connectivity index (χ3v) is 6.13. The minimum absolute atomic E-state index is 0.0896. The second-order valence-electron chi connectivity index (χ2n) is 7.39. The number of benzene rings is 2. The smallest absolute Gasteiger partial charge is 0.333 e. The molecule has 6 nitrogen and oxygen atoms in total. The molecule has 32 heavy (non-hydrogen) atoms. The Morgan fingerprint density at radius 1 is 1.09 bits per heavy atom. The summed E-state index contributed by atoms with van der Waals surface area (Å²) in [6, 6.07) is 17.4. The second kappa shape index (κ2) is 10.9. The molecule has 1 amide bonds. The van der Waals surface area contributed by atoms with Crippen LogP contribution >= 0.6 is 11.3 Å². The molecule has 2 aromatic carbocycles. The minimum atomic E-state index is -0.957. The Balaban J connectivity index is 1.61. The van der Waals surface area contributed by atoms with E-state index in [-0.39, 0.29) is 5.91 Å². The van der Waals surface area contributed by atoms with E-state index in [1.165, 1.54) is 6.92 Å². The van der Waals surface area contributed by atoms with Crippen LogP contribution in [0.1, 0.15) is 29.9 Å². The number of thiophene rings is 1. The largest absolute Gasteiger partial charge is 0.488 e. The summed E-state index contributed by atoms with van der Waals surface area (Å²) in [5, 5.41) is 12.0.